The van der Waals surface area contributed by atoms with E-state index >= 15 is 0 Å². The second-order valence-corrected chi connectivity index (χ2v) is 4.22. The van der Waals surface area contributed by atoms with Gasteiger partial charge in [0, 0.05) is 11.6 Å². The van der Waals surface area contributed by atoms with Crippen molar-refractivity contribution in [2.75, 3.05) is 0 Å². The maximum Gasteiger partial charge on any atom is 0.326 e. The van der Waals surface area contributed by atoms with Gasteiger partial charge in [-0.2, -0.15) is 0 Å². The molecule has 0 aliphatic heterocycles. The molecule has 5 nitrogen and oxygen atoms in total. The summed E-state index contributed by atoms with van der Waals surface area (Å²) in [6.07, 6.45) is 10.5. The lowest BCUT2D eigenvalue weighted by molar-refractivity contribution is 0.595. The van der Waals surface area contributed by atoms with Crippen LogP contribution < -0.4 is 11.2 Å². The first-order valence-corrected chi connectivity index (χ1v) is 6.41. The number of allylic oxidation sites excluding steroid dienone is 6. The lowest BCUT2D eigenvalue weighted by Gasteiger charge is -1.94. The minimum absolute atomic E-state index is 0.120. The molecule has 104 valence electrons. The Bertz CT molecular complexity index is 800. The fourth-order valence-corrected chi connectivity index (χ4v) is 1.82. The van der Waals surface area contributed by atoms with Crippen molar-refractivity contribution in [1.82, 2.24) is 9.97 Å². The van der Waals surface area contributed by atoms with E-state index < -0.39 is 11.2 Å². The SMILES string of the molecule is C\C=C/C(=C\C=C\CC)c1cc2[nH]c(=O)[nH]c(=O)c2o1. The van der Waals surface area contributed by atoms with Crippen LogP contribution >= 0.6 is 0 Å². The molecule has 2 aromatic heterocycles. The van der Waals surface area contributed by atoms with Gasteiger partial charge in [0.1, 0.15) is 5.76 Å². The second-order valence-electron chi connectivity index (χ2n) is 4.22. The van der Waals surface area contributed by atoms with E-state index in [1.54, 1.807) is 6.07 Å². The molecule has 0 fully saturated rings. The highest BCUT2D eigenvalue weighted by Gasteiger charge is 2.10. The minimum atomic E-state index is -0.544. The zero-order valence-corrected chi connectivity index (χ0v) is 11.4. The molecule has 0 radical (unpaired) electrons. The van der Waals surface area contributed by atoms with E-state index in [0.29, 0.717) is 11.3 Å². The van der Waals surface area contributed by atoms with Gasteiger partial charge in [-0.1, -0.05) is 37.3 Å². The van der Waals surface area contributed by atoms with Gasteiger partial charge in [0.05, 0.1) is 5.52 Å². The number of H-pyrrole nitrogens is 2. The van der Waals surface area contributed by atoms with Crippen LogP contribution in [-0.4, -0.2) is 9.97 Å². The van der Waals surface area contributed by atoms with Crippen LogP contribution in [0, 0.1) is 0 Å². The summed E-state index contributed by atoms with van der Waals surface area (Å²) >= 11 is 0. The molecular formula is C15H16N2O3. The van der Waals surface area contributed by atoms with Gasteiger partial charge in [0.15, 0.2) is 0 Å². The Morgan fingerprint density at radius 1 is 1.35 bits per heavy atom. The molecule has 2 rings (SSSR count). The number of rotatable bonds is 4. The van der Waals surface area contributed by atoms with Crippen molar-refractivity contribution >= 4 is 16.7 Å². The van der Waals surface area contributed by atoms with Crippen LogP contribution in [0.15, 0.2) is 50.5 Å². The normalized spacial score (nSPS) is 13.0. The average Bonchev–Trinajstić information content (AvgIpc) is 2.82. The predicted octanol–water partition coefficient (Wildman–Crippen LogP) is 2.74. The smallest absolute Gasteiger partial charge is 0.326 e. The number of nitrogens with one attached hydrogen (secondary N) is 2. The summed E-state index contributed by atoms with van der Waals surface area (Å²) < 4.78 is 5.53. The van der Waals surface area contributed by atoms with Gasteiger partial charge in [-0.05, 0) is 13.3 Å². The highest BCUT2D eigenvalue weighted by atomic mass is 16.3. The molecule has 0 aromatic carbocycles. The van der Waals surface area contributed by atoms with E-state index in [1.165, 1.54) is 0 Å². The van der Waals surface area contributed by atoms with E-state index in [4.69, 9.17) is 4.42 Å². The summed E-state index contributed by atoms with van der Waals surface area (Å²) in [5, 5.41) is 0. The van der Waals surface area contributed by atoms with Gasteiger partial charge in [-0.3, -0.25) is 9.78 Å². The topological polar surface area (TPSA) is 78.9 Å². The Kier molecular flexibility index (Phi) is 4.20. The second kappa shape index (κ2) is 6.06. The molecule has 20 heavy (non-hydrogen) atoms. The molecule has 2 N–H and O–H groups in total. The average molecular weight is 272 g/mol. The van der Waals surface area contributed by atoms with Crippen molar-refractivity contribution in [3.05, 3.63) is 63.0 Å². The number of furan rings is 1. The van der Waals surface area contributed by atoms with E-state index in [-0.39, 0.29) is 5.58 Å². The molecule has 2 aromatic rings. The summed E-state index contributed by atoms with van der Waals surface area (Å²) in [6, 6.07) is 1.65. The predicted molar refractivity (Wildman–Crippen MR) is 79.7 cm³/mol. The molecule has 0 aliphatic carbocycles. The van der Waals surface area contributed by atoms with Gasteiger partial charge in [0.25, 0.3) is 5.56 Å². The Morgan fingerprint density at radius 3 is 2.85 bits per heavy atom. The fraction of sp³-hybridized carbons (Fsp3) is 0.200. The highest BCUT2D eigenvalue weighted by Crippen LogP contribution is 2.22. The Labute approximate surface area is 115 Å². The molecule has 0 amide bonds. The van der Waals surface area contributed by atoms with Crippen molar-refractivity contribution in [3.8, 4) is 0 Å². The molecular weight excluding hydrogens is 256 g/mol. The zero-order valence-electron chi connectivity index (χ0n) is 11.4. The number of hydrogen-bond donors (Lipinski definition) is 2. The standard InChI is InChI=1S/C15H16N2O3/c1-3-5-6-8-10(7-4-2)12-9-11-13(20-12)14(18)17-15(19)16-11/h4-9H,3H2,1-2H3,(H2,16,17,18,19)/b6-5+,7-4-,10-8+. The third-order valence-corrected chi connectivity index (χ3v) is 2.69. The van der Waals surface area contributed by atoms with E-state index in [9.17, 15) is 9.59 Å². The lowest BCUT2D eigenvalue weighted by atomic mass is 10.1. The summed E-state index contributed by atoms with van der Waals surface area (Å²) in [6.45, 7) is 3.94. The van der Waals surface area contributed by atoms with Crippen molar-refractivity contribution in [2.45, 2.75) is 20.3 Å². The molecule has 0 aliphatic rings. The third-order valence-electron chi connectivity index (χ3n) is 2.69. The monoisotopic (exact) mass is 272 g/mol. The molecule has 0 unspecified atom stereocenters. The van der Waals surface area contributed by atoms with Crippen molar-refractivity contribution in [3.63, 3.8) is 0 Å². The van der Waals surface area contributed by atoms with Crippen LogP contribution in [0.2, 0.25) is 0 Å². The molecule has 0 spiro atoms. The first-order chi connectivity index (χ1) is 9.65. The van der Waals surface area contributed by atoms with Crippen molar-refractivity contribution in [2.24, 2.45) is 0 Å². The van der Waals surface area contributed by atoms with E-state index in [0.717, 1.165) is 12.0 Å². The molecule has 0 atom stereocenters. The zero-order chi connectivity index (χ0) is 14.5. The number of aromatic amines is 2. The van der Waals surface area contributed by atoms with E-state index in [1.807, 2.05) is 44.2 Å². The Hall–Kier alpha value is -2.56. The lowest BCUT2D eigenvalue weighted by Crippen LogP contribution is -2.20. The molecule has 2 heterocycles. The Balaban J connectivity index is 2.57. The first kappa shape index (κ1) is 13.9. The van der Waals surface area contributed by atoms with Gasteiger partial charge in [0.2, 0.25) is 5.58 Å². The summed E-state index contributed by atoms with van der Waals surface area (Å²) in [5.41, 5.74) is 0.267. The van der Waals surface area contributed by atoms with Crippen LogP contribution in [0.1, 0.15) is 26.0 Å². The number of fused-ring (bicyclic) bond motifs is 1. The Morgan fingerprint density at radius 2 is 2.15 bits per heavy atom. The van der Waals surface area contributed by atoms with Crippen LogP contribution in [0.3, 0.4) is 0 Å². The quantitative estimate of drug-likeness (QED) is 0.840. The van der Waals surface area contributed by atoms with Gasteiger partial charge < -0.3 is 9.40 Å². The van der Waals surface area contributed by atoms with Crippen LogP contribution in [-0.2, 0) is 0 Å². The maximum absolute atomic E-state index is 11.6. The fourth-order valence-electron chi connectivity index (χ4n) is 1.82. The summed E-state index contributed by atoms with van der Waals surface area (Å²) in [7, 11) is 0. The maximum atomic E-state index is 11.6. The number of aromatic nitrogens is 2. The van der Waals surface area contributed by atoms with Crippen LogP contribution in [0.4, 0.5) is 0 Å². The first-order valence-electron chi connectivity index (χ1n) is 6.41. The third kappa shape index (κ3) is 2.88. The summed E-state index contributed by atoms with van der Waals surface area (Å²) in [4.78, 5) is 27.5. The molecule has 0 bridgehead atoms. The van der Waals surface area contributed by atoms with Gasteiger partial charge in [-0.15, -0.1) is 0 Å². The molecule has 5 heteroatoms. The van der Waals surface area contributed by atoms with Gasteiger partial charge >= 0.3 is 5.69 Å². The van der Waals surface area contributed by atoms with Crippen LogP contribution in [0.5, 0.6) is 0 Å². The van der Waals surface area contributed by atoms with Crippen molar-refractivity contribution < 1.29 is 4.42 Å². The number of hydrogen-bond acceptors (Lipinski definition) is 3. The van der Waals surface area contributed by atoms with Gasteiger partial charge in [-0.25, -0.2) is 4.79 Å². The largest absolute Gasteiger partial charge is 0.449 e. The molecule has 0 saturated heterocycles. The minimum Gasteiger partial charge on any atom is -0.449 e. The van der Waals surface area contributed by atoms with E-state index in [2.05, 4.69) is 9.97 Å². The summed E-state index contributed by atoms with van der Waals surface area (Å²) in [5.74, 6) is 0.534. The van der Waals surface area contributed by atoms with Crippen LogP contribution in [0.25, 0.3) is 16.7 Å². The van der Waals surface area contributed by atoms with Crippen molar-refractivity contribution in [1.29, 1.82) is 0 Å². The highest BCUT2D eigenvalue weighted by molar-refractivity contribution is 5.81. The molecule has 0 saturated carbocycles.